The molecule has 0 unspecified atom stereocenters. The lowest BCUT2D eigenvalue weighted by atomic mass is 10.0. The van der Waals surface area contributed by atoms with E-state index in [0.717, 1.165) is 0 Å². The molecule has 7 heteroatoms. The van der Waals surface area contributed by atoms with Crippen molar-refractivity contribution in [3.05, 3.63) is 24.3 Å². The second-order valence-corrected chi connectivity index (χ2v) is 5.23. The lowest BCUT2D eigenvalue weighted by Crippen LogP contribution is -2.21. The highest BCUT2D eigenvalue weighted by Crippen LogP contribution is 2.39. The first-order chi connectivity index (χ1) is 8.03. The highest BCUT2D eigenvalue weighted by atomic mass is 31.2. The van der Waals surface area contributed by atoms with E-state index in [-0.39, 0.29) is 24.0 Å². The van der Waals surface area contributed by atoms with Crippen molar-refractivity contribution in [3.63, 3.8) is 0 Å². The molecule has 0 spiro atoms. The molecule has 102 valence electrons. The molecule has 0 aliphatic rings. The molecule has 0 heterocycles. The molecular formula is C11H17O6P. The third-order valence-corrected chi connectivity index (χ3v) is 2.64. The van der Waals surface area contributed by atoms with Crippen LogP contribution in [-0.2, 0) is 18.7 Å². The first-order valence-corrected chi connectivity index (χ1v) is 6.67. The van der Waals surface area contributed by atoms with Gasteiger partial charge in [-0.3, -0.25) is 14.1 Å². The molecule has 18 heavy (non-hydrogen) atoms. The quantitative estimate of drug-likeness (QED) is 0.515. The van der Waals surface area contributed by atoms with Crippen LogP contribution >= 0.6 is 7.82 Å². The Labute approximate surface area is 106 Å². The lowest BCUT2D eigenvalue weighted by molar-refractivity contribution is -0.119. The van der Waals surface area contributed by atoms with Crippen molar-refractivity contribution in [2.45, 2.75) is 32.8 Å². The van der Waals surface area contributed by atoms with Crippen LogP contribution in [0.5, 0.6) is 0 Å². The maximum atomic E-state index is 11.4. The van der Waals surface area contributed by atoms with E-state index in [9.17, 15) is 14.2 Å². The van der Waals surface area contributed by atoms with Gasteiger partial charge in [-0.15, -0.1) is 0 Å². The van der Waals surface area contributed by atoms with Crippen LogP contribution in [0.15, 0.2) is 24.3 Å². The molecule has 0 atom stereocenters. The van der Waals surface area contributed by atoms with Crippen molar-refractivity contribution in [2.24, 2.45) is 0 Å². The zero-order valence-corrected chi connectivity index (χ0v) is 11.3. The van der Waals surface area contributed by atoms with Gasteiger partial charge < -0.3 is 9.79 Å². The van der Waals surface area contributed by atoms with Crippen LogP contribution in [-0.4, -0.2) is 27.5 Å². The number of rotatable bonds is 8. The van der Waals surface area contributed by atoms with Gasteiger partial charge in [0.25, 0.3) is 0 Å². The normalized spacial score (nSPS) is 11.4. The number of phosphoric acid groups is 1. The molecule has 0 amide bonds. The molecule has 6 nitrogen and oxygen atoms in total. The summed E-state index contributed by atoms with van der Waals surface area (Å²) < 4.78 is 15.2. The van der Waals surface area contributed by atoms with E-state index in [1.165, 1.54) is 13.8 Å². The van der Waals surface area contributed by atoms with Crippen LogP contribution in [0.2, 0.25) is 0 Å². The minimum Gasteiger partial charge on any atom is -0.303 e. The van der Waals surface area contributed by atoms with Gasteiger partial charge in [0, 0.05) is 12.8 Å². The van der Waals surface area contributed by atoms with E-state index in [1.807, 2.05) is 0 Å². The number of phosphoric ester groups is 1. The molecule has 0 fully saturated rings. The van der Waals surface area contributed by atoms with E-state index in [1.54, 1.807) is 0 Å². The first kappa shape index (κ1) is 16.9. The summed E-state index contributed by atoms with van der Waals surface area (Å²) in [5.74, 6) is -0.828. The summed E-state index contributed by atoms with van der Waals surface area (Å²) in [4.78, 5) is 40.3. The minimum absolute atomic E-state index is 0.233. The highest BCUT2D eigenvalue weighted by Gasteiger charge is 2.26. The highest BCUT2D eigenvalue weighted by molar-refractivity contribution is 7.46. The topological polar surface area (TPSA) is 101 Å². The molecule has 0 aromatic heterocycles. The maximum Gasteiger partial charge on any atom is 0.469 e. The Bertz CT molecular complexity index is 391. The fraction of sp³-hybridized carbons (Fsp3) is 0.455. The maximum absolute atomic E-state index is 11.4. The Kier molecular flexibility index (Phi) is 6.35. The number of ketones is 2. The minimum atomic E-state index is -4.76. The van der Waals surface area contributed by atoms with E-state index in [4.69, 9.17) is 9.79 Å². The zero-order valence-electron chi connectivity index (χ0n) is 10.4. The molecule has 0 radical (unpaired) electrons. The van der Waals surface area contributed by atoms with Gasteiger partial charge in [0.1, 0.15) is 0 Å². The number of hydrogen-bond acceptors (Lipinski definition) is 4. The van der Waals surface area contributed by atoms with Crippen LogP contribution in [0.1, 0.15) is 26.7 Å². The third kappa shape index (κ3) is 7.29. The van der Waals surface area contributed by atoms with Crippen molar-refractivity contribution < 1.29 is 28.5 Å². The first-order valence-electron chi connectivity index (χ1n) is 5.14. The molecule has 0 saturated heterocycles. The molecular weight excluding hydrogens is 259 g/mol. The summed E-state index contributed by atoms with van der Waals surface area (Å²) in [7, 11) is -4.76. The van der Waals surface area contributed by atoms with Crippen LogP contribution in [0, 0.1) is 0 Å². The lowest BCUT2D eigenvalue weighted by Gasteiger charge is -2.17. The molecule has 2 N–H and O–H groups in total. The van der Waals surface area contributed by atoms with Crippen LogP contribution in [0.25, 0.3) is 0 Å². The smallest absolute Gasteiger partial charge is 0.303 e. The summed E-state index contributed by atoms with van der Waals surface area (Å²) in [5, 5.41) is 0. The van der Waals surface area contributed by atoms with Crippen LogP contribution in [0.3, 0.4) is 0 Å². The molecule has 0 aromatic carbocycles. The van der Waals surface area contributed by atoms with Gasteiger partial charge in [-0.1, -0.05) is 13.2 Å². The third-order valence-electron chi connectivity index (χ3n) is 2.06. The van der Waals surface area contributed by atoms with Crippen molar-refractivity contribution >= 4 is 19.4 Å². The predicted molar refractivity (Wildman–Crippen MR) is 65.8 cm³/mol. The van der Waals surface area contributed by atoms with Crippen molar-refractivity contribution in [1.29, 1.82) is 0 Å². The monoisotopic (exact) mass is 276 g/mol. The number of carbonyl (C=O) groups is 2. The summed E-state index contributed by atoms with van der Waals surface area (Å²) in [5.41, 5.74) is 0.467. The van der Waals surface area contributed by atoms with E-state index in [0.29, 0.717) is 0 Å². The van der Waals surface area contributed by atoms with Gasteiger partial charge in [-0.05, 0) is 25.0 Å². The Hall–Kier alpha value is -1.07. The Morgan fingerprint density at radius 2 is 1.44 bits per heavy atom. The van der Waals surface area contributed by atoms with Crippen LogP contribution in [0.4, 0.5) is 0 Å². The van der Waals surface area contributed by atoms with Gasteiger partial charge >= 0.3 is 7.82 Å². The predicted octanol–water partition coefficient (Wildman–Crippen LogP) is 1.53. The Balaban J connectivity index is 4.78. The molecule has 0 saturated carbocycles. The van der Waals surface area contributed by atoms with Gasteiger partial charge in [0.15, 0.2) is 11.6 Å². The average Bonchev–Trinajstić information content (AvgIpc) is 2.14. The molecule has 0 aliphatic carbocycles. The fourth-order valence-electron chi connectivity index (χ4n) is 1.10. The Morgan fingerprint density at radius 1 is 1.11 bits per heavy atom. The van der Waals surface area contributed by atoms with Gasteiger partial charge in [-0.25, -0.2) is 4.57 Å². The second-order valence-electron chi connectivity index (χ2n) is 4.03. The van der Waals surface area contributed by atoms with Gasteiger partial charge in [0.05, 0.1) is 6.10 Å². The Morgan fingerprint density at radius 3 is 1.67 bits per heavy atom. The summed E-state index contributed by atoms with van der Waals surface area (Å²) in [6.45, 7) is 9.77. The average molecular weight is 276 g/mol. The molecule has 0 bridgehead atoms. The molecule has 0 aromatic rings. The summed E-state index contributed by atoms with van der Waals surface area (Å²) in [6, 6.07) is 0. The van der Waals surface area contributed by atoms with Gasteiger partial charge in [0.2, 0.25) is 0 Å². The standard InChI is InChI=1S/C11H17O6P/c1-7(2)10(12)5-9(17-18(14,15)16)6-11(13)8(3)4/h9H,1,3,5-6H2,2,4H3,(H2,14,15,16). The number of Topliss-reactive ketones (excluding diaryl/α,β-unsaturated/α-hetero) is 2. The molecule has 0 aliphatic heterocycles. The van der Waals surface area contributed by atoms with Crippen molar-refractivity contribution in [2.75, 3.05) is 0 Å². The van der Waals surface area contributed by atoms with E-state index < -0.39 is 25.5 Å². The van der Waals surface area contributed by atoms with E-state index in [2.05, 4.69) is 17.7 Å². The molecule has 0 rings (SSSR count). The zero-order chi connectivity index (χ0) is 14.5. The second kappa shape index (κ2) is 6.75. The number of allylic oxidation sites excluding steroid dienone is 2. The number of carbonyl (C=O) groups excluding carboxylic acids is 2. The van der Waals surface area contributed by atoms with Crippen molar-refractivity contribution in [1.82, 2.24) is 0 Å². The SMILES string of the molecule is C=C(C)C(=O)CC(CC(=O)C(=C)C)OP(=O)(O)O. The van der Waals surface area contributed by atoms with Gasteiger partial charge in [-0.2, -0.15) is 0 Å². The largest absolute Gasteiger partial charge is 0.469 e. The van der Waals surface area contributed by atoms with Crippen molar-refractivity contribution in [3.8, 4) is 0 Å². The van der Waals surface area contributed by atoms with E-state index >= 15 is 0 Å². The summed E-state index contributed by atoms with van der Waals surface area (Å²) >= 11 is 0. The number of hydrogen-bond donors (Lipinski definition) is 2. The van der Waals surface area contributed by atoms with Crippen LogP contribution < -0.4 is 0 Å². The summed E-state index contributed by atoms with van der Waals surface area (Å²) in [6.07, 6.45) is -1.79. The fourth-order valence-corrected chi connectivity index (χ4v) is 1.64.